The van der Waals surface area contributed by atoms with E-state index in [1.54, 1.807) is 43.3 Å². The van der Waals surface area contributed by atoms with E-state index in [9.17, 15) is 13.2 Å². The molecule has 26 heavy (non-hydrogen) atoms. The highest BCUT2D eigenvalue weighted by Gasteiger charge is 2.20. The average Bonchev–Trinajstić information content (AvgIpc) is 2.60. The molecule has 0 bridgehead atoms. The summed E-state index contributed by atoms with van der Waals surface area (Å²) in [5.41, 5.74) is 3.24. The number of amides is 1. The minimum atomic E-state index is -3.98. The van der Waals surface area contributed by atoms with E-state index in [2.05, 4.69) is 10.3 Å². The van der Waals surface area contributed by atoms with E-state index in [1.165, 1.54) is 13.2 Å². The number of benzene rings is 2. The molecule has 0 atom stereocenters. The minimum absolute atomic E-state index is 0.0193. The molecule has 2 aromatic rings. The molecule has 0 unspecified atom stereocenters. The van der Waals surface area contributed by atoms with Crippen LogP contribution in [0.5, 0.6) is 11.5 Å². The Kier molecular flexibility index (Phi) is 6.23. The number of hydrazine groups is 1. The lowest BCUT2D eigenvalue weighted by molar-refractivity contribution is 0.0945. The molecule has 2 aromatic carbocycles. The number of hydrogen-bond acceptors (Lipinski definition) is 5. The van der Waals surface area contributed by atoms with Gasteiger partial charge in [0.1, 0.15) is 16.4 Å². The third-order valence-corrected chi connectivity index (χ3v) is 4.66. The second kappa shape index (κ2) is 8.20. The lowest BCUT2D eigenvalue weighted by atomic mass is 10.2. The molecule has 0 aliphatic rings. The van der Waals surface area contributed by atoms with Crippen LogP contribution in [-0.2, 0) is 10.0 Å². The van der Waals surface area contributed by atoms with Crippen molar-refractivity contribution in [3.8, 4) is 11.5 Å². The highest BCUT2D eigenvalue weighted by molar-refractivity contribution is 7.89. The van der Waals surface area contributed by atoms with Crippen LogP contribution in [-0.4, -0.2) is 27.5 Å². The standard InChI is InChI=1S/C18H22N2O5S/c1-12(2)25-15-8-6-14(7-9-15)18(21)19-20-26(22,23)17-11-13(3)5-10-16(17)24-4/h5-12,20H,1-4H3,(H,19,21). The zero-order chi connectivity index (χ0) is 19.3. The van der Waals surface area contributed by atoms with Crippen LogP contribution in [0.2, 0.25) is 0 Å². The van der Waals surface area contributed by atoms with Crippen molar-refractivity contribution in [2.24, 2.45) is 0 Å². The molecular weight excluding hydrogens is 356 g/mol. The Morgan fingerprint density at radius 2 is 1.73 bits per heavy atom. The largest absolute Gasteiger partial charge is 0.495 e. The molecule has 0 fully saturated rings. The topological polar surface area (TPSA) is 93.7 Å². The van der Waals surface area contributed by atoms with Gasteiger partial charge in [-0.25, -0.2) is 8.42 Å². The van der Waals surface area contributed by atoms with Gasteiger partial charge in [0.05, 0.1) is 13.2 Å². The molecule has 1 amide bonds. The lowest BCUT2D eigenvalue weighted by Crippen LogP contribution is -2.41. The van der Waals surface area contributed by atoms with Gasteiger partial charge in [0, 0.05) is 5.56 Å². The van der Waals surface area contributed by atoms with Crippen molar-refractivity contribution in [3.05, 3.63) is 53.6 Å². The summed E-state index contributed by atoms with van der Waals surface area (Å²) in [4.78, 5) is 14.2. The fourth-order valence-corrected chi connectivity index (χ4v) is 3.29. The molecule has 0 aromatic heterocycles. The van der Waals surface area contributed by atoms with E-state index in [4.69, 9.17) is 9.47 Å². The maximum atomic E-state index is 12.4. The number of nitrogens with one attached hydrogen (secondary N) is 2. The number of rotatable bonds is 7. The number of ether oxygens (including phenoxy) is 2. The van der Waals surface area contributed by atoms with Gasteiger partial charge in [-0.15, -0.1) is 4.83 Å². The number of aryl methyl sites for hydroxylation is 1. The Hall–Kier alpha value is -2.58. The van der Waals surface area contributed by atoms with Crippen LogP contribution >= 0.6 is 0 Å². The van der Waals surface area contributed by atoms with E-state index in [0.717, 1.165) is 5.56 Å². The summed E-state index contributed by atoms with van der Waals surface area (Å²) in [6.07, 6.45) is 0.0193. The van der Waals surface area contributed by atoms with Gasteiger partial charge in [-0.2, -0.15) is 0 Å². The summed E-state index contributed by atoms with van der Waals surface area (Å²) in [6, 6.07) is 11.1. The quantitative estimate of drug-likeness (QED) is 0.722. The highest BCUT2D eigenvalue weighted by Crippen LogP contribution is 2.24. The van der Waals surface area contributed by atoms with E-state index in [-0.39, 0.29) is 16.7 Å². The Balaban J connectivity index is 2.10. The maximum absolute atomic E-state index is 12.4. The fourth-order valence-electron chi connectivity index (χ4n) is 2.19. The predicted octanol–water partition coefficient (Wildman–Crippen LogP) is 2.41. The third-order valence-electron chi connectivity index (χ3n) is 3.40. The number of sulfonamides is 1. The molecule has 0 aliphatic carbocycles. The lowest BCUT2D eigenvalue weighted by Gasteiger charge is -2.13. The van der Waals surface area contributed by atoms with Gasteiger partial charge in [-0.05, 0) is 62.7 Å². The predicted molar refractivity (Wildman–Crippen MR) is 97.7 cm³/mol. The van der Waals surface area contributed by atoms with Crippen molar-refractivity contribution < 1.29 is 22.7 Å². The van der Waals surface area contributed by atoms with Gasteiger partial charge >= 0.3 is 0 Å². The molecule has 140 valence electrons. The summed E-state index contributed by atoms with van der Waals surface area (Å²) in [7, 11) is -2.61. The average molecular weight is 378 g/mol. The summed E-state index contributed by atoms with van der Waals surface area (Å²) in [5.74, 6) is 0.227. The first-order valence-corrected chi connectivity index (χ1v) is 9.45. The molecule has 0 saturated carbocycles. The van der Waals surface area contributed by atoms with E-state index in [0.29, 0.717) is 11.3 Å². The number of carbonyl (C=O) groups is 1. The third kappa shape index (κ3) is 4.96. The first-order chi connectivity index (χ1) is 12.2. The van der Waals surface area contributed by atoms with Crippen molar-refractivity contribution >= 4 is 15.9 Å². The van der Waals surface area contributed by atoms with Crippen molar-refractivity contribution in [2.45, 2.75) is 31.8 Å². The SMILES string of the molecule is COc1ccc(C)cc1S(=O)(=O)NNC(=O)c1ccc(OC(C)C)cc1. The van der Waals surface area contributed by atoms with E-state index >= 15 is 0 Å². The number of hydrogen-bond donors (Lipinski definition) is 2. The van der Waals surface area contributed by atoms with Gasteiger partial charge < -0.3 is 9.47 Å². The monoisotopic (exact) mass is 378 g/mol. The number of methoxy groups -OCH3 is 1. The summed E-state index contributed by atoms with van der Waals surface area (Å²) in [5, 5.41) is 0. The van der Waals surface area contributed by atoms with Crippen molar-refractivity contribution in [3.63, 3.8) is 0 Å². The molecule has 0 aliphatic heterocycles. The fraction of sp³-hybridized carbons (Fsp3) is 0.278. The van der Waals surface area contributed by atoms with E-state index in [1.807, 2.05) is 13.8 Å². The zero-order valence-corrected chi connectivity index (χ0v) is 15.9. The van der Waals surface area contributed by atoms with Gasteiger partial charge in [0.15, 0.2) is 0 Å². The Labute approximate surface area is 153 Å². The molecule has 7 nitrogen and oxygen atoms in total. The molecule has 0 radical (unpaired) electrons. The van der Waals surface area contributed by atoms with Crippen LogP contribution in [0.1, 0.15) is 29.8 Å². The van der Waals surface area contributed by atoms with Gasteiger partial charge in [-0.3, -0.25) is 10.2 Å². The second-order valence-corrected chi connectivity index (χ2v) is 7.56. The van der Waals surface area contributed by atoms with Crippen molar-refractivity contribution in [2.75, 3.05) is 7.11 Å². The molecule has 2 N–H and O–H groups in total. The second-order valence-electron chi connectivity index (χ2n) is 5.90. The molecule has 0 spiro atoms. The summed E-state index contributed by atoms with van der Waals surface area (Å²) < 4.78 is 35.5. The Morgan fingerprint density at radius 1 is 1.08 bits per heavy atom. The van der Waals surface area contributed by atoms with Crippen LogP contribution < -0.4 is 19.7 Å². The highest BCUT2D eigenvalue weighted by atomic mass is 32.2. The normalized spacial score (nSPS) is 11.3. The maximum Gasteiger partial charge on any atom is 0.266 e. The first-order valence-electron chi connectivity index (χ1n) is 7.96. The molecular formula is C18H22N2O5S. The molecule has 8 heteroatoms. The molecule has 2 rings (SSSR count). The Morgan fingerprint density at radius 3 is 2.31 bits per heavy atom. The minimum Gasteiger partial charge on any atom is -0.495 e. The zero-order valence-electron chi connectivity index (χ0n) is 15.1. The van der Waals surface area contributed by atoms with Crippen molar-refractivity contribution in [1.29, 1.82) is 0 Å². The Bertz CT molecular complexity index is 877. The van der Waals surface area contributed by atoms with Gasteiger partial charge in [-0.1, -0.05) is 6.07 Å². The summed E-state index contributed by atoms with van der Waals surface area (Å²) in [6.45, 7) is 5.56. The van der Waals surface area contributed by atoms with Crippen LogP contribution in [0.3, 0.4) is 0 Å². The van der Waals surface area contributed by atoms with Crippen molar-refractivity contribution in [1.82, 2.24) is 10.3 Å². The summed E-state index contributed by atoms with van der Waals surface area (Å²) >= 11 is 0. The molecule has 0 saturated heterocycles. The van der Waals surface area contributed by atoms with Crippen LogP contribution in [0.4, 0.5) is 0 Å². The number of carbonyl (C=O) groups excluding carboxylic acids is 1. The van der Waals surface area contributed by atoms with Gasteiger partial charge in [0.2, 0.25) is 0 Å². The molecule has 0 heterocycles. The van der Waals surface area contributed by atoms with Crippen LogP contribution in [0, 0.1) is 6.92 Å². The van der Waals surface area contributed by atoms with Crippen LogP contribution in [0.25, 0.3) is 0 Å². The van der Waals surface area contributed by atoms with Crippen LogP contribution in [0.15, 0.2) is 47.4 Å². The first kappa shape index (κ1) is 19.7. The smallest absolute Gasteiger partial charge is 0.266 e. The van der Waals surface area contributed by atoms with E-state index < -0.39 is 15.9 Å². The van der Waals surface area contributed by atoms with Gasteiger partial charge in [0.25, 0.3) is 15.9 Å².